The van der Waals surface area contributed by atoms with Gasteiger partial charge in [-0.05, 0) is 31.4 Å². The molecule has 7 heteroatoms. The van der Waals surface area contributed by atoms with E-state index < -0.39 is 16.4 Å². The molecule has 1 fully saturated rings. The normalized spacial score (nSPS) is 16.5. The fourth-order valence-corrected chi connectivity index (χ4v) is 2.15. The van der Waals surface area contributed by atoms with Gasteiger partial charge in [-0.15, -0.1) is 0 Å². The van der Waals surface area contributed by atoms with E-state index in [1.54, 1.807) is 0 Å². The fraction of sp³-hybridized carbons (Fsp3) is 0.417. The van der Waals surface area contributed by atoms with Crippen LogP contribution < -0.4 is 11.1 Å². The number of aliphatic hydroxyl groups is 1. The molecule has 7 nitrogen and oxygen atoms in total. The molecule has 0 aromatic heterocycles. The molecule has 0 atom stereocenters. The minimum Gasteiger partial charge on any atom is -0.394 e. The first kappa shape index (κ1) is 13.3. The van der Waals surface area contributed by atoms with E-state index in [2.05, 4.69) is 5.32 Å². The first-order chi connectivity index (χ1) is 8.97. The van der Waals surface area contributed by atoms with Gasteiger partial charge < -0.3 is 16.2 Å². The predicted molar refractivity (Wildman–Crippen MR) is 68.9 cm³/mol. The number of anilines is 1. The van der Waals surface area contributed by atoms with Gasteiger partial charge in [-0.25, -0.2) is 0 Å². The molecule has 0 unspecified atom stereocenters. The molecule has 0 bridgehead atoms. The number of rotatable bonds is 5. The third-order valence-corrected chi connectivity index (χ3v) is 3.49. The molecule has 1 aromatic carbocycles. The lowest BCUT2D eigenvalue weighted by Gasteiger charge is -2.41. The number of nitrogens with two attached hydrogens (primary N) is 1. The number of aliphatic hydroxyl groups excluding tert-OH is 1. The Kier molecular flexibility index (Phi) is 3.39. The largest absolute Gasteiger partial charge is 0.394 e. The van der Waals surface area contributed by atoms with Crippen molar-refractivity contribution in [2.24, 2.45) is 5.73 Å². The molecule has 0 spiro atoms. The average molecular weight is 265 g/mol. The number of nitrogens with zero attached hydrogens (tertiary/aromatic N) is 1. The molecule has 102 valence electrons. The highest BCUT2D eigenvalue weighted by Crippen LogP contribution is 2.37. The monoisotopic (exact) mass is 265 g/mol. The second kappa shape index (κ2) is 4.85. The molecule has 1 aliphatic carbocycles. The van der Waals surface area contributed by atoms with Crippen LogP contribution in [0.4, 0.5) is 11.4 Å². The summed E-state index contributed by atoms with van der Waals surface area (Å²) in [4.78, 5) is 21.5. The Labute approximate surface area is 109 Å². The van der Waals surface area contributed by atoms with E-state index >= 15 is 0 Å². The maximum atomic E-state index is 11.0. The van der Waals surface area contributed by atoms with Crippen LogP contribution in [0.1, 0.15) is 29.6 Å². The smallest absolute Gasteiger partial charge is 0.293 e. The molecule has 19 heavy (non-hydrogen) atoms. The van der Waals surface area contributed by atoms with E-state index in [1.165, 1.54) is 12.1 Å². The van der Waals surface area contributed by atoms with Crippen molar-refractivity contribution in [1.29, 1.82) is 0 Å². The van der Waals surface area contributed by atoms with Gasteiger partial charge in [0.05, 0.1) is 17.1 Å². The number of carbonyl (C=O) groups is 1. The minimum absolute atomic E-state index is 0.0816. The lowest BCUT2D eigenvalue weighted by molar-refractivity contribution is -0.384. The van der Waals surface area contributed by atoms with Crippen molar-refractivity contribution in [1.82, 2.24) is 0 Å². The van der Waals surface area contributed by atoms with Gasteiger partial charge in [0.2, 0.25) is 5.91 Å². The van der Waals surface area contributed by atoms with Crippen molar-refractivity contribution < 1.29 is 14.8 Å². The molecule has 0 aliphatic heterocycles. The zero-order valence-corrected chi connectivity index (χ0v) is 10.3. The summed E-state index contributed by atoms with van der Waals surface area (Å²) < 4.78 is 0. The van der Waals surface area contributed by atoms with Crippen LogP contribution in [-0.4, -0.2) is 28.1 Å². The standard InChI is InChI=1S/C12H15N3O4/c13-11(17)8-2-3-9(10(6-8)15(18)19)14-12(7-16)4-1-5-12/h2-3,6,14,16H,1,4-5,7H2,(H2,13,17). The van der Waals surface area contributed by atoms with E-state index in [4.69, 9.17) is 5.73 Å². The summed E-state index contributed by atoms with van der Waals surface area (Å²) in [5.74, 6) is -0.713. The topological polar surface area (TPSA) is 118 Å². The number of nitro benzene ring substituents is 1. The van der Waals surface area contributed by atoms with Crippen molar-refractivity contribution in [3.63, 3.8) is 0 Å². The Bertz CT molecular complexity index is 520. The van der Waals surface area contributed by atoms with Gasteiger partial charge in [0.25, 0.3) is 5.69 Å². The van der Waals surface area contributed by atoms with Crippen LogP contribution >= 0.6 is 0 Å². The number of hydrogen-bond acceptors (Lipinski definition) is 5. The predicted octanol–water partition coefficient (Wildman–Crippen LogP) is 1.02. The minimum atomic E-state index is -0.713. The zero-order valence-electron chi connectivity index (χ0n) is 10.3. The summed E-state index contributed by atoms with van der Waals surface area (Å²) in [5.41, 5.74) is 4.78. The molecule has 1 aromatic rings. The van der Waals surface area contributed by atoms with Gasteiger partial charge in [0, 0.05) is 11.6 Å². The molecule has 0 radical (unpaired) electrons. The highest BCUT2D eigenvalue weighted by Gasteiger charge is 2.37. The third-order valence-electron chi connectivity index (χ3n) is 3.49. The Morgan fingerprint density at radius 3 is 2.63 bits per heavy atom. The van der Waals surface area contributed by atoms with Crippen LogP contribution in [0.3, 0.4) is 0 Å². The molecule has 0 saturated heterocycles. The number of hydrogen-bond donors (Lipinski definition) is 3. The van der Waals surface area contributed by atoms with Crippen LogP contribution in [0.25, 0.3) is 0 Å². The second-order valence-corrected chi connectivity index (χ2v) is 4.77. The lowest BCUT2D eigenvalue weighted by Crippen LogP contribution is -2.48. The Morgan fingerprint density at radius 1 is 1.53 bits per heavy atom. The van der Waals surface area contributed by atoms with Gasteiger partial charge in [-0.1, -0.05) is 0 Å². The van der Waals surface area contributed by atoms with E-state index in [9.17, 15) is 20.0 Å². The Hall–Kier alpha value is -2.15. The van der Waals surface area contributed by atoms with Gasteiger partial charge in [0.15, 0.2) is 0 Å². The zero-order chi connectivity index (χ0) is 14.0. The summed E-state index contributed by atoms with van der Waals surface area (Å²) in [6.45, 7) is -0.0816. The molecule has 4 N–H and O–H groups in total. The van der Waals surface area contributed by atoms with Crippen molar-refractivity contribution >= 4 is 17.3 Å². The number of primary amides is 1. The van der Waals surface area contributed by atoms with Crippen LogP contribution in [-0.2, 0) is 0 Å². The summed E-state index contributed by atoms with van der Waals surface area (Å²) in [6, 6.07) is 4.03. The first-order valence-electron chi connectivity index (χ1n) is 5.95. The molecule has 1 amide bonds. The van der Waals surface area contributed by atoms with E-state index in [0.717, 1.165) is 25.3 Å². The molecule has 1 aliphatic rings. The second-order valence-electron chi connectivity index (χ2n) is 4.77. The Balaban J connectivity index is 2.34. The summed E-state index contributed by atoms with van der Waals surface area (Å²) in [5, 5.41) is 23.4. The number of amides is 1. The van der Waals surface area contributed by atoms with E-state index in [1.807, 2.05) is 0 Å². The van der Waals surface area contributed by atoms with Gasteiger partial charge in [-0.3, -0.25) is 14.9 Å². The quantitative estimate of drug-likeness (QED) is 0.542. The molecule has 0 heterocycles. The third kappa shape index (κ3) is 2.50. The van der Waals surface area contributed by atoms with Gasteiger partial charge in [0.1, 0.15) is 5.69 Å². The molecule has 2 rings (SSSR count). The van der Waals surface area contributed by atoms with Crippen LogP contribution in [0, 0.1) is 10.1 Å². The molecular formula is C12H15N3O4. The van der Waals surface area contributed by atoms with Crippen LogP contribution in [0.15, 0.2) is 18.2 Å². The van der Waals surface area contributed by atoms with Crippen molar-refractivity contribution in [2.45, 2.75) is 24.8 Å². The average Bonchev–Trinajstić information content (AvgIpc) is 2.33. The number of nitrogens with one attached hydrogen (secondary N) is 1. The number of benzene rings is 1. The SMILES string of the molecule is NC(=O)c1ccc(NC2(CO)CCC2)c([N+](=O)[O-])c1. The van der Waals surface area contributed by atoms with Crippen LogP contribution in [0.2, 0.25) is 0 Å². The summed E-state index contributed by atoms with van der Waals surface area (Å²) in [6.07, 6.45) is 2.50. The number of nitro groups is 1. The van der Waals surface area contributed by atoms with Crippen molar-refractivity contribution in [3.8, 4) is 0 Å². The van der Waals surface area contributed by atoms with Crippen LogP contribution in [0.5, 0.6) is 0 Å². The molecular weight excluding hydrogens is 250 g/mol. The number of carbonyl (C=O) groups excluding carboxylic acids is 1. The van der Waals surface area contributed by atoms with Crippen molar-refractivity contribution in [3.05, 3.63) is 33.9 Å². The van der Waals surface area contributed by atoms with Crippen molar-refractivity contribution in [2.75, 3.05) is 11.9 Å². The fourth-order valence-electron chi connectivity index (χ4n) is 2.15. The lowest BCUT2D eigenvalue weighted by atomic mass is 9.77. The molecule has 1 saturated carbocycles. The van der Waals surface area contributed by atoms with E-state index in [-0.39, 0.29) is 17.9 Å². The summed E-state index contributed by atoms with van der Waals surface area (Å²) in [7, 11) is 0. The van der Waals surface area contributed by atoms with Gasteiger partial charge in [-0.2, -0.15) is 0 Å². The highest BCUT2D eigenvalue weighted by atomic mass is 16.6. The van der Waals surface area contributed by atoms with E-state index in [0.29, 0.717) is 5.69 Å². The summed E-state index contributed by atoms with van der Waals surface area (Å²) >= 11 is 0. The maximum absolute atomic E-state index is 11.0. The maximum Gasteiger partial charge on any atom is 0.293 e. The highest BCUT2D eigenvalue weighted by molar-refractivity contribution is 5.94. The Morgan fingerprint density at radius 2 is 2.21 bits per heavy atom. The first-order valence-corrected chi connectivity index (χ1v) is 5.95. The van der Waals surface area contributed by atoms with Gasteiger partial charge >= 0.3 is 0 Å².